The molecule has 140 valence electrons. The lowest BCUT2D eigenvalue weighted by Crippen LogP contribution is -3.00. The van der Waals surface area contributed by atoms with Crippen LogP contribution >= 0.6 is 8.03 Å². The molecule has 0 radical (unpaired) electrons. The summed E-state index contributed by atoms with van der Waals surface area (Å²) in [6.07, 6.45) is 12.0. The van der Waals surface area contributed by atoms with Gasteiger partial charge < -0.3 is 17.0 Å². The van der Waals surface area contributed by atoms with Gasteiger partial charge in [0.2, 0.25) is 0 Å². The summed E-state index contributed by atoms with van der Waals surface area (Å²) in [5, 5.41) is 0. The lowest BCUT2D eigenvalue weighted by molar-refractivity contribution is -1.36. The van der Waals surface area contributed by atoms with Crippen molar-refractivity contribution in [1.29, 1.82) is 0 Å². The molecule has 0 aromatic heterocycles. The first-order valence-corrected chi connectivity index (χ1v) is 9.69. The van der Waals surface area contributed by atoms with Crippen molar-refractivity contribution in [3.63, 3.8) is 0 Å². The summed E-state index contributed by atoms with van der Waals surface area (Å²) < 4.78 is 10.5. The van der Waals surface area contributed by atoms with Gasteiger partial charge in [-0.05, 0) is 23.8 Å². The van der Waals surface area contributed by atoms with Gasteiger partial charge in [-0.15, -0.1) is 14.5 Å². The molecule has 0 heterocycles. The normalized spacial score (nSPS) is 12.1. The molecule has 0 aliphatic heterocycles. The van der Waals surface area contributed by atoms with E-state index in [0.717, 1.165) is 25.7 Å². The van der Waals surface area contributed by atoms with E-state index in [-0.39, 0.29) is 22.0 Å². The number of halogens is 1. The van der Waals surface area contributed by atoms with E-state index in [4.69, 9.17) is 19.4 Å². The molecule has 1 N–H and O–H groups in total. The highest BCUT2D eigenvalue weighted by molar-refractivity contribution is 7.37. The van der Waals surface area contributed by atoms with E-state index in [2.05, 4.69) is 0 Å². The molecule has 1 atom stereocenters. The minimum Gasteiger partial charge on any atom is -1.00 e. The molecule has 0 spiro atoms. The Morgan fingerprint density at radius 1 is 0.739 bits per heavy atom. The summed E-state index contributed by atoms with van der Waals surface area (Å²) in [4.78, 5) is 24.1. The molecular weight excluding hydrogens is 385 g/mol. The van der Waals surface area contributed by atoms with Crippen LogP contribution in [-0.4, -0.2) is 43.9 Å². The third-order valence-electron chi connectivity index (χ3n) is 3.87. The van der Waals surface area contributed by atoms with Crippen LogP contribution in [0.3, 0.4) is 0 Å². The van der Waals surface area contributed by atoms with Gasteiger partial charge in [-0.25, -0.2) is 0 Å². The first-order valence-electron chi connectivity index (χ1n) is 8.29. The number of hydrogen-bond donors (Lipinski definition) is 1. The molecule has 0 fully saturated rings. The van der Waals surface area contributed by atoms with Gasteiger partial charge in [0, 0.05) is 6.42 Å². The molecule has 0 amide bonds. The molecule has 0 aromatic rings. The molecular formula is C15H34BrNO5P+. The summed E-state index contributed by atoms with van der Waals surface area (Å²) in [5.41, 5.74) is 0. The van der Waals surface area contributed by atoms with Crippen LogP contribution in [0.1, 0.15) is 64.2 Å². The Morgan fingerprint density at radius 2 is 1.09 bits per heavy atom. The van der Waals surface area contributed by atoms with Gasteiger partial charge in [0.25, 0.3) is 0 Å². The minimum atomic E-state index is -1.93. The first-order chi connectivity index (χ1) is 10.6. The first kappa shape index (κ1) is 25.6. The number of hydrogen-bond acceptors (Lipinski definition) is 4. The number of quaternary nitrogens is 1. The van der Waals surface area contributed by atoms with Crippen molar-refractivity contribution in [2.45, 2.75) is 64.2 Å². The van der Waals surface area contributed by atoms with Gasteiger partial charge >= 0.3 is 8.03 Å². The molecule has 0 aliphatic carbocycles. The summed E-state index contributed by atoms with van der Waals surface area (Å²) in [7, 11) is 2.80. The van der Waals surface area contributed by atoms with Crippen molar-refractivity contribution in [3.05, 3.63) is 0 Å². The summed E-state index contributed by atoms with van der Waals surface area (Å²) in [6, 6.07) is 0. The van der Waals surface area contributed by atoms with E-state index in [1.54, 1.807) is 21.3 Å². The zero-order valence-electron chi connectivity index (χ0n) is 14.8. The molecule has 0 bridgehead atoms. The molecule has 0 aromatic carbocycles. The Balaban J connectivity index is 0. The topological polar surface area (TPSA) is 65.0 Å². The molecule has 1 unspecified atom stereocenters. The van der Waals surface area contributed by atoms with E-state index in [1.165, 1.54) is 38.5 Å². The maximum Gasteiger partial charge on any atom is 0.505 e. The van der Waals surface area contributed by atoms with Crippen LogP contribution in [0.15, 0.2) is 0 Å². The molecule has 0 aliphatic rings. The summed E-state index contributed by atoms with van der Waals surface area (Å²) >= 11 is 0. The highest BCUT2D eigenvalue weighted by Gasteiger charge is 2.29. The fourth-order valence-electron chi connectivity index (χ4n) is 2.46. The Labute approximate surface area is 152 Å². The zero-order chi connectivity index (χ0) is 16.7. The summed E-state index contributed by atoms with van der Waals surface area (Å²) in [5.74, 6) is 0. The maximum absolute atomic E-state index is 10.5. The standard InChI is InChI=1S/C15H33NO5P.BrH/c1-19-16(20-2,21-3)14-12-10-8-6-4-5-7-9-11-13-15-22(17)18;/h4-15H2,1-3H3;1H/q+1;. The van der Waals surface area contributed by atoms with Crippen LogP contribution in [0.2, 0.25) is 0 Å². The van der Waals surface area contributed by atoms with Gasteiger partial charge in [-0.2, -0.15) is 4.89 Å². The molecule has 23 heavy (non-hydrogen) atoms. The van der Waals surface area contributed by atoms with Gasteiger partial charge in [0.1, 0.15) is 21.3 Å². The lowest BCUT2D eigenvalue weighted by atomic mass is 10.1. The largest absolute Gasteiger partial charge is 1.00 e. The Bertz CT molecular complexity index is 272. The predicted molar refractivity (Wildman–Crippen MR) is 87.0 cm³/mol. The van der Waals surface area contributed by atoms with Crippen molar-refractivity contribution in [2.24, 2.45) is 0 Å². The molecule has 6 nitrogen and oxygen atoms in total. The van der Waals surface area contributed by atoms with Gasteiger partial charge in [-0.3, -0.25) is 0 Å². The number of nitrogens with zero attached hydrogens (tertiary/aromatic N) is 1. The zero-order valence-corrected chi connectivity index (χ0v) is 17.3. The second-order valence-corrected chi connectivity index (χ2v) is 6.65. The van der Waals surface area contributed by atoms with E-state index in [9.17, 15) is 4.57 Å². The van der Waals surface area contributed by atoms with Crippen LogP contribution in [0, 0.1) is 0 Å². The number of hydroxylamine groups is 3. The predicted octanol–water partition coefficient (Wildman–Crippen LogP) is 1.13. The molecule has 0 saturated carbocycles. The van der Waals surface area contributed by atoms with Crippen molar-refractivity contribution in [2.75, 3.05) is 34.0 Å². The monoisotopic (exact) mass is 418 g/mol. The number of rotatable bonds is 16. The van der Waals surface area contributed by atoms with E-state index < -0.39 is 8.03 Å². The van der Waals surface area contributed by atoms with E-state index in [1.807, 2.05) is 0 Å². The molecule has 8 heteroatoms. The van der Waals surface area contributed by atoms with E-state index >= 15 is 0 Å². The third-order valence-corrected chi connectivity index (χ3v) is 4.56. The average Bonchev–Trinajstić information content (AvgIpc) is 2.52. The Morgan fingerprint density at radius 3 is 1.43 bits per heavy atom. The SMILES string of the molecule is CO[N+](CCCCCCCCCCCC[P+](=O)O)(OC)OC.[Br-]. The quantitative estimate of drug-likeness (QED) is 0.176. The van der Waals surface area contributed by atoms with Crippen LogP contribution < -0.4 is 17.0 Å². The van der Waals surface area contributed by atoms with Gasteiger partial charge in [0.05, 0.1) is 4.97 Å². The second kappa shape index (κ2) is 17.2. The van der Waals surface area contributed by atoms with Gasteiger partial charge in [-0.1, -0.05) is 38.5 Å². The Hall–Kier alpha value is 0.380. The average molecular weight is 419 g/mol. The van der Waals surface area contributed by atoms with Crippen LogP contribution in [0.4, 0.5) is 0 Å². The summed E-state index contributed by atoms with van der Waals surface area (Å²) in [6.45, 7) is 0.691. The lowest BCUT2D eigenvalue weighted by Gasteiger charge is -2.24. The van der Waals surface area contributed by atoms with E-state index in [0.29, 0.717) is 12.7 Å². The molecule has 0 saturated heterocycles. The van der Waals surface area contributed by atoms with Crippen molar-refractivity contribution >= 4 is 8.03 Å². The Kier molecular flexibility index (Phi) is 19.2. The van der Waals surface area contributed by atoms with Crippen molar-refractivity contribution in [3.8, 4) is 0 Å². The van der Waals surface area contributed by atoms with Crippen molar-refractivity contribution < 1.29 is 45.9 Å². The highest BCUT2D eigenvalue weighted by Crippen LogP contribution is 2.17. The van der Waals surface area contributed by atoms with Gasteiger partial charge in [0.15, 0.2) is 12.7 Å². The fourth-order valence-corrected chi connectivity index (χ4v) is 2.96. The van der Waals surface area contributed by atoms with Crippen LogP contribution in [0.25, 0.3) is 0 Å². The fraction of sp³-hybridized carbons (Fsp3) is 1.00. The van der Waals surface area contributed by atoms with Crippen molar-refractivity contribution in [1.82, 2.24) is 0 Å². The molecule has 0 rings (SSSR count). The smallest absolute Gasteiger partial charge is 0.505 e. The van der Waals surface area contributed by atoms with Crippen LogP contribution in [0.5, 0.6) is 0 Å². The number of unbranched alkanes of at least 4 members (excludes halogenated alkanes) is 9. The second-order valence-electron chi connectivity index (χ2n) is 5.49. The highest BCUT2D eigenvalue weighted by atomic mass is 79.9. The van der Waals surface area contributed by atoms with Crippen LogP contribution in [-0.2, 0) is 19.1 Å². The minimum absolute atomic E-state index is 0. The maximum atomic E-state index is 10.5. The third kappa shape index (κ3) is 14.4.